The number of nitrogens with one attached hydrogen (secondary N) is 1. The normalized spacial score (nSPS) is 12.1. The van der Waals surface area contributed by atoms with Gasteiger partial charge in [-0.3, -0.25) is 4.79 Å². The summed E-state index contributed by atoms with van der Waals surface area (Å²) < 4.78 is 0. The van der Waals surface area contributed by atoms with Crippen molar-refractivity contribution in [2.45, 2.75) is 20.4 Å². The molecule has 0 aliphatic rings. The number of rotatable bonds is 6. The molecule has 0 spiro atoms. The quantitative estimate of drug-likeness (QED) is 0.799. The van der Waals surface area contributed by atoms with Crippen LogP contribution in [-0.4, -0.2) is 39.2 Å². The number of aryl methyl sites for hydroxylation is 1. The molecule has 2 rings (SSSR count). The first-order valence-corrected chi connectivity index (χ1v) is 6.90. The maximum Gasteiger partial charge on any atom is 0.243 e. The highest BCUT2D eigenvalue weighted by molar-refractivity contribution is 5.75. The molecular formula is C14H20N6O. The lowest BCUT2D eigenvalue weighted by atomic mass is 10.1. The number of tetrazole rings is 1. The molecule has 21 heavy (non-hydrogen) atoms. The van der Waals surface area contributed by atoms with Crippen molar-refractivity contribution in [1.29, 1.82) is 0 Å². The molecule has 1 heterocycles. The van der Waals surface area contributed by atoms with Crippen LogP contribution in [0.2, 0.25) is 0 Å². The van der Waals surface area contributed by atoms with E-state index in [-0.39, 0.29) is 18.4 Å². The third kappa shape index (κ3) is 4.35. The van der Waals surface area contributed by atoms with Gasteiger partial charge in [0.05, 0.1) is 0 Å². The number of benzene rings is 1. The van der Waals surface area contributed by atoms with Crippen LogP contribution >= 0.6 is 0 Å². The summed E-state index contributed by atoms with van der Waals surface area (Å²) in [5.41, 5.74) is 7.54. The van der Waals surface area contributed by atoms with E-state index < -0.39 is 0 Å². The molecule has 1 atom stereocenters. The van der Waals surface area contributed by atoms with Gasteiger partial charge in [0.2, 0.25) is 11.7 Å². The predicted molar refractivity (Wildman–Crippen MR) is 79.2 cm³/mol. The van der Waals surface area contributed by atoms with E-state index in [1.807, 2.05) is 38.1 Å². The minimum absolute atomic E-state index is 0.0517. The fraction of sp³-hybridized carbons (Fsp3) is 0.429. The Kier molecular flexibility index (Phi) is 4.99. The van der Waals surface area contributed by atoms with Crippen molar-refractivity contribution in [3.8, 4) is 11.4 Å². The number of hydrogen-bond donors (Lipinski definition) is 2. The minimum atomic E-state index is -0.150. The van der Waals surface area contributed by atoms with E-state index >= 15 is 0 Å². The number of nitrogens with zero attached hydrogens (tertiary/aromatic N) is 4. The van der Waals surface area contributed by atoms with Crippen molar-refractivity contribution in [2.75, 3.05) is 13.1 Å². The van der Waals surface area contributed by atoms with E-state index in [4.69, 9.17) is 5.73 Å². The maximum absolute atomic E-state index is 11.7. The van der Waals surface area contributed by atoms with Gasteiger partial charge in [0.25, 0.3) is 0 Å². The zero-order valence-electron chi connectivity index (χ0n) is 12.3. The number of carbonyl (C=O) groups excluding carboxylic acids is 1. The number of nitrogens with two attached hydrogens (primary N) is 1. The van der Waals surface area contributed by atoms with Gasteiger partial charge >= 0.3 is 0 Å². The Morgan fingerprint density at radius 2 is 2.10 bits per heavy atom. The first-order chi connectivity index (χ1) is 10.1. The molecule has 7 nitrogen and oxygen atoms in total. The molecule has 0 aliphatic carbocycles. The third-order valence-corrected chi connectivity index (χ3v) is 3.10. The molecule has 7 heteroatoms. The van der Waals surface area contributed by atoms with Crippen molar-refractivity contribution in [2.24, 2.45) is 11.7 Å². The fourth-order valence-corrected chi connectivity index (χ4v) is 1.68. The van der Waals surface area contributed by atoms with E-state index in [0.717, 1.165) is 5.56 Å². The largest absolute Gasteiger partial charge is 0.354 e. The van der Waals surface area contributed by atoms with Crippen LogP contribution in [0.15, 0.2) is 24.3 Å². The second-order valence-electron chi connectivity index (χ2n) is 5.15. The lowest BCUT2D eigenvalue weighted by Crippen LogP contribution is -2.34. The van der Waals surface area contributed by atoms with Gasteiger partial charge in [0.1, 0.15) is 6.54 Å². The van der Waals surface area contributed by atoms with Crippen molar-refractivity contribution < 1.29 is 4.79 Å². The van der Waals surface area contributed by atoms with Crippen molar-refractivity contribution >= 4 is 5.91 Å². The molecule has 0 radical (unpaired) electrons. The van der Waals surface area contributed by atoms with E-state index in [1.54, 1.807) is 0 Å². The molecule has 1 aromatic carbocycles. The molecule has 0 bridgehead atoms. The van der Waals surface area contributed by atoms with Crippen molar-refractivity contribution in [3.63, 3.8) is 0 Å². The summed E-state index contributed by atoms with van der Waals surface area (Å²) in [6.07, 6.45) is 0. The van der Waals surface area contributed by atoms with Crippen LogP contribution < -0.4 is 11.1 Å². The molecule has 1 aromatic heterocycles. The minimum Gasteiger partial charge on any atom is -0.354 e. The molecule has 1 unspecified atom stereocenters. The van der Waals surface area contributed by atoms with E-state index in [2.05, 4.69) is 20.7 Å². The molecular weight excluding hydrogens is 268 g/mol. The topological polar surface area (TPSA) is 98.7 Å². The highest BCUT2D eigenvalue weighted by Crippen LogP contribution is 2.13. The van der Waals surface area contributed by atoms with Gasteiger partial charge in [-0.25, -0.2) is 0 Å². The van der Waals surface area contributed by atoms with Crippen LogP contribution in [0.3, 0.4) is 0 Å². The summed E-state index contributed by atoms with van der Waals surface area (Å²) >= 11 is 0. The third-order valence-electron chi connectivity index (χ3n) is 3.10. The number of aromatic nitrogens is 4. The van der Waals surface area contributed by atoms with Crippen LogP contribution in [0, 0.1) is 12.8 Å². The molecule has 2 aromatic rings. The summed E-state index contributed by atoms with van der Waals surface area (Å²) in [5.74, 6) is 0.613. The Bertz CT molecular complexity index is 592. The Labute approximate surface area is 123 Å². The smallest absolute Gasteiger partial charge is 0.243 e. The zero-order chi connectivity index (χ0) is 15.2. The highest BCUT2D eigenvalue weighted by Gasteiger charge is 2.09. The summed E-state index contributed by atoms with van der Waals surface area (Å²) in [5, 5.41) is 14.9. The molecule has 112 valence electrons. The highest BCUT2D eigenvalue weighted by atomic mass is 16.2. The van der Waals surface area contributed by atoms with E-state index in [0.29, 0.717) is 18.9 Å². The van der Waals surface area contributed by atoms with Gasteiger partial charge in [-0.05, 0) is 24.6 Å². The van der Waals surface area contributed by atoms with Gasteiger partial charge in [-0.15, -0.1) is 10.2 Å². The molecule has 0 aliphatic heterocycles. The van der Waals surface area contributed by atoms with Gasteiger partial charge in [-0.1, -0.05) is 36.8 Å². The SMILES string of the molecule is Cc1ccc(-c2nnn(CC(=O)NCC(C)CN)n2)cc1. The monoisotopic (exact) mass is 288 g/mol. The van der Waals surface area contributed by atoms with Crippen LogP contribution in [0.1, 0.15) is 12.5 Å². The lowest BCUT2D eigenvalue weighted by Gasteiger charge is -2.09. The average molecular weight is 288 g/mol. The Hall–Kier alpha value is -2.28. The summed E-state index contributed by atoms with van der Waals surface area (Å²) in [4.78, 5) is 13.0. The number of hydrogen-bond acceptors (Lipinski definition) is 5. The first kappa shape index (κ1) is 15.1. The van der Waals surface area contributed by atoms with Gasteiger partial charge in [-0.2, -0.15) is 4.80 Å². The lowest BCUT2D eigenvalue weighted by molar-refractivity contribution is -0.122. The number of carbonyl (C=O) groups is 1. The second-order valence-corrected chi connectivity index (χ2v) is 5.15. The predicted octanol–water partition coefficient (Wildman–Crippen LogP) is 0.360. The molecule has 0 saturated heterocycles. The van der Waals surface area contributed by atoms with Crippen LogP contribution in [0.25, 0.3) is 11.4 Å². The van der Waals surface area contributed by atoms with Crippen LogP contribution in [0.4, 0.5) is 0 Å². The standard InChI is InChI=1S/C14H20N6O/c1-10-3-5-12(6-4-10)14-17-19-20(18-14)9-13(21)16-8-11(2)7-15/h3-6,11H,7-9,15H2,1-2H3,(H,16,21). The van der Waals surface area contributed by atoms with Crippen LogP contribution in [-0.2, 0) is 11.3 Å². The average Bonchev–Trinajstić information content (AvgIpc) is 2.94. The fourth-order valence-electron chi connectivity index (χ4n) is 1.68. The zero-order valence-corrected chi connectivity index (χ0v) is 12.3. The number of amides is 1. The summed E-state index contributed by atoms with van der Waals surface area (Å²) in [6.45, 7) is 5.13. The Balaban J connectivity index is 1.94. The molecule has 0 saturated carbocycles. The van der Waals surface area contributed by atoms with E-state index in [1.165, 1.54) is 10.4 Å². The Morgan fingerprint density at radius 3 is 2.76 bits per heavy atom. The summed E-state index contributed by atoms with van der Waals surface area (Å²) in [6, 6.07) is 7.83. The Morgan fingerprint density at radius 1 is 1.38 bits per heavy atom. The van der Waals surface area contributed by atoms with Gasteiger partial charge in [0.15, 0.2) is 0 Å². The first-order valence-electron chi connectivity index (χ1n) is 6.90. The van der Waals surface area contributed by atoms with Crippen molar-refractivity contribution in [1.82, 2.24) is 25.5 Å². The summed E-state index contributed by atoms with van der Waals surface area (Å²) in [7, 11) is 0. The van der Waals surface area contributed by atoms with Gasteiger partial charge in [0, 0.05) is 12.1 Å². The van der Waals surface area contributed by atoms with Crippen molar-refractivity contribution in [3.05, 3.63) is 29.8 Å². The van der Waals surface area contributed by atoms with Gasteiger partial charge < -0.3 is 11.1 Å². The molecule has 3 N–H and O–H groups in total. The van der Waals surface area contributed by atoms with E-state index in [9.17, 15) is 4.79 Å². The molecule has 0 fully saturated rings. The maximum atomic E-state index is 11.7. The van der Waals surface area contributed by atoms with Crippen LogP contribution in [0.5, 0.6) is 0 Å². The molecule has 1 amide bonds. The second kappa shape index (κ2) is 6.94.